The zero-order chi connectivity index (χ0) is 12.8. The Morgan fingerprint density at radius 2 is 1.94 bits per heavy atom. The van der Waals surface area contributed by atoms with Crippen molar-refractivity contribution in [1.29, 1.82) is 0 Å². The summed E-state index contributed by atoms with van der Waals surface area (Å²) in [6.07, 6.45) is 3.10. The lowest BCUT2D eigenvalue weighted by molar-refractivity contribution is -0.128. The van der Waals surface area contributed by atoms with Gasteiger partial charge in [0.1, 0.15) is 0 Å². The van der Waals surface area contributed by atoms with E-state index in [0.29, 0.717) is 5.75 Å². The van der Waals surface area contributed by atoms with E-state index in [4.69, 9.17) is 0 Å². The number of benzene rings is 1. The first-order valence-corrected chi connectivity index (χ1v) is 7.13. The average molecular weight is 264 g/mol. The van der Waals surface area contributed by atoms with Gasteiger partial charge < -0.3 is 0 Å². The summed E-state index contributed by atoms with van der Waals surface area (Å²) in [7, 11) is 0. The Kier molecular flexibility index (Phi) is 5.08. The van der Waals surface area contributed by atoms with E-state index in [1.807, 2.05) is 23.2 Å². The third-order valence-electron chi connectivity index (χ3n) is 3.29. The summed E-state index contributed by atoms with van der Waals surface area (Å²) in [6.45, 7) is 1.94. The number of carbonyl (C=O) groups is 1. The summed E-state index contributed by atoms with van der Waals surface area (Å²) >= 11 is 4.30. The van der Waals surface area contributed by atoms with Gasteiger partial charge >= 0.3 is 0 Å². The van der Waals surface area contributed by atoms with Crippen LogP contribution in [0.25, 0.3) is 0 Å². The van der Waals surface area contributed by atoms with Crippen molar-refractivity contribution in [2.24, 2.45) is 5.92 Å². The van der Waals surface area contributed by atoms with Crippen LogP contribution in [0.5, 0.6) is 0 Å². The van der Waals surface area contributed by atoms with Crippen molar-refractivity contribution in [3.05, 3.63) is 35.9 Å². The van der Waals surface area contributed by atoms with Crippen LogP contribution in [-0.4, -0.2) is 29.8 Å². The Hall–Kier alpha value is -1.00. The third-order valence-corrected chi connectivity index (χ3v) is 3.73. The molecule has 1 aliphatic rings. The number of rotatable bonds is 5. The second-order valence-corrected chi connectivity index (χ2v) is 5.10. The van der Waals surface area contributed by atoms with Crippen LogP contribution in [0.15, 0.2) is 30.3 Å². The molecule has 1 fully saturated rings. The molecule has 1 aromatic rings. The van der Waals surface area contributed by atoms with Crippen LogP contribution in [0.4, 0.5) is 0 Å². The number of carbonyl (C=O) groups excluding carboxylic acids is 1. The second kappa shape index (κ2) is 6.81. The van der Waals surface area contributed by atoms with Crippen LogP contribution in [0, 0.1) is 5.92 Å². The fourth-order valence-corrected chi connectivity index (χ4v) is 2.51. The number of hydrogen-bond donors (Lipinski definition) is 2. The summed E-state index contributed by atoms with van der Waals surface area (Å²) < 4.78 is 0. The molecule has 1 N–H and O–H groups in total. The highest BCUT2D eigenvalue weighted by atomic mass is 32.1. The van der Waals surface area contributed by atoms with Crippen molar-refractivity contribution >= 4 is 18.5 Å². The van der Waals surface area contributed by atoms with E-state index in [9.17, 15) is 4.79 Å². The Bertz CT molecular complexity index is 377. The summed E-state index contributed by atoms with van der Waals surface area (Å²) in [4.78, 5) is 12.1. The van der Waals surface area contributed by atoms with Crippen LogP contribution in [0.2, 0.25) is 0 Å². The summed E-state index contributed by atoms with van der Waals surface area (Å²) in [6, 6.07) is 10.1. The van der Waals surface area contributed by atoms with Gasteiger partial charge in [0.05, 0.1) is 5.92 Å². The first-order valence-electron chi connectivity index (χ1n) is 6.50. The van der Waals surface area contributed by atoms with Gasteiger partial charge in [-0.15, -0.1) is 0 Å². The molecule has 0 bridgehead atoms. The molecule has 3 nitrogen and oxygen atoms in total. The normalized spacial score (nSPS) is 17.6. The molecule has 0 aromatic heterocycles. The highest BCUT2D eigenvalue weighted by Crippen LogP contribution is 2.12. The van der Waals surface area contributed by atoms with Crippen molar-refractivity contribution in [3.8, 4) is 0 Å². The Balaban J connectivity index is 1.89. The van der Waals surface area contributed by atoms with Gasteiger partial charge in [-0.1, -0.05) is 30.3 Å². The zero-order valence-corrected chi connectivity index (χ0v) is 11.4. The molecule has 0 saturated carbocycles. The molecule has 0 radical (unpaired) electrons. The smallest absolute Gasteiger partial charge is 0.238 e. The van der Waals surface area contributed by atoms with E-state index in [0.717, 1.165) is 19.5 Å². The molecule has 1 aliphatic heterocycles. The predicted molar refractivity (Wildman–Crippen MR) is 76.4 cm³/mol. The lowest BCUT2D eigenvalue weighted by atomic mass is 10.0. The quantitative estimate of drug-likeness (QED) is 0.796. The van der Waals surface area contributed by atoms with Crippen LogP contribution in [-0.2, 0) is 11.2 Å². The molecular weight excluding hydrogens is 244 g/mol. The van der Waals surface area contributed by atoms with Gasteiger partial charge in [0, 0.05) is 18.8 Å². The van der Waals surface area contributed by atoms with E-state index >= 15 is 0 Å². The molecule has 1 unspecified atom stereocenters. The highest BCUT2D eigenvalue weighted by Gasteiger charge is 2.21. The van der Waals surface area contributed by atoms with E-state index in [2.05, 4.69) is 30.2 Å². The van der Waals surface area contributed by atoms with Crippen LogP contribution < -0.4 is 5.43 Å². The van der Waals surface area contributed by atoms with E-state index in [1.165, 1.54) is 18.4 Å². The van der Waals surface area contributed by atoms with Gasteiger partial charge in [-0.05, 0) is 24.8 Å². The van der Waals surface area contributed by atoms with Crippen LogP contribution in [0.1, 0.15) is 18.4 Å². The topological polar surface area (TPSA) is 32.3 Å². The molecule has 18 heavy (non-hydrogen) atoms. The number of thiol groups is 1. The van der Waals surface area contributed by atoms with Crippen LogP contribution in [0.3, 0.4) is 0 Å². The molecule has 98 valence electrons. The fraction of sp³-hybridized carbons (Fsp3) is 0.500. The largest absolute Gasteiger partial charge is 0.289 e. The number of nitrogens with one attached hydrogen (secondary N) is 1. The molecule has 1 atom stereocenters. The monoisotopic (exact) mass is 264 g/mol. The first-order chi connectivity index (χ1) is 8.79. The maximum absolute atomic E-state index is 12.1. The molecule has 1 heterocycles. The highest BCUT2D eigenvalue weighted by molar-refractivity contribution is 7.80. The van der Waals surface area contributed by atoms with Gasteiger partial charge in [0.15, 0.2) is 0 Å². The van der Waals surface area contributed by atoms with Crippen molar-refractivity contribution in [2.45, 2.75) is 19.3 Å². The summed E-state index contributed by atoms with van der Waals surface area (Å²) in [5.74, 6) is 0.612. The maximum Gasteiger partial charge on any atom is 0.238 e. The number of amides is 1. The average Bonchev–Trinajstić information content (AvgIpc) is 2.90. The fourth-order valence-electron chi connectivity index (χ4n) is 2.21. The molecule has 0 spiro atoms. The number of nitrogens with zero attached hydrogens (tertiary/aromatic N) is 1. The van der Waals surface area contributed by atoms with E-state index in [-0.39, 0.29) is 11.8 Å². The lowest BCUT2D eigenvalue weighted by Gasteiger charge is -2.20. The van der Waals surface area contributed by atoms with Crippen molar-refractivity contribution in [3.63, 3.8) is 0 Å². The molecule has 2 rings (SSSR count). The predicted octanol–water partition coefficient (Wildman–Crippen LogP) is 1.90. The third kappa shape index (κ3) is 3.75. The van der Waals surface area contributed by atoms with E-state index in [1.54, 1.807) is 0 Å². The Morgan fingerprint density at radius 3 is 2.56 bits per heavy atom. The SMILES string of the molecule is O=C(NN1CCCC1)C(CS)Cc1ccccc1. The zero-order valence-electron chi connectivity index (χ0n) is 10.5. The van der Waals surface area contributed by atoms with Gasteiger partial charge in [0.25, 0.3) is 0 Å². The standard InChI is InChI=1S/C14H20N2OS/c17-14(15-16-8-4-5-9-16)13(11-18)10-12-6-2-1-3-7-12/h1-3,6-7,13,18H,4-5,8-11H2,(H,15,17). The van der Waals surface area contributed by atoms with Gasteiger partial charge in [0.2, 0.25) is 5.91 Å². The van der Waals surface area contributed by atoms with Gasteiger partial charge in [-0.25, -0.2) is 5.01 Å². The molecule has 4 heteroatoms. The lowest BCUT2D eigenvalue weighted by Crippen LogP contribution is -2.44. The van der Waals surface area contributed by atoms with Crippen molar-refractivity contribution in [2.75, 3.05) is 18.8 Å². The Morgan fingerprint density at radius 1 is 1.28 bits per heavy atom. The minimum atomic E-state index is -0.0590. The maximum atomic E-state index is 12.1. The van der Waals surface area contributed by atoms with Crippen LogP contribution >= 0.6 is 12.6 Å². The van der Waals surface area contributed by atoms with Crippen molar-refractivity contribution in [1.82, 2.24) is 10.4 Å². The second-order valence-electron chi connectivity index (χ2n) is 4.74. The molecule has 1 aromatic carbocycles. The van der Waals surface area contributed by atoms with Gasteiger partial charge in [-0.2, -0.15) is 12.6 Å². The minimum Gasteiger partial charge on any atom is -0.289 e. The number of hydrogen-bond acceptors (Lipinski definition) is 3. The summed E-state index contributed by atoms with van der Waals surface area (Å²) in [5.41, 5.74) is 4.18. The molecule has 1 amide bonds. The molecule has 1 saturated heterocycles. The first kappa shape index (κ1) is 13.4. The molecule has 0 aliphatic carbocycles. The number of hydrazine groups is 1. The van der Waals surface area contributed by atoms with Crippen molar-refractivity contribution < 1.29 is 4.79 Å². The van der Waals surface area contributed by atoms with Gasteiger partial charge in [-0.3, -0.25) is 10.2 Å². The molecular formula is C14H20N2OS. The Labute approximate surface area is 114 Å². The minimum absolute atomic E-state index is 0.0590. The summed E-state index contributed by atoms with van der Waals surface area (Å²) in [5, 5.41) is 2.02. The van der Waals surface area contributed by atoms with E-state index < -0.39 is 0 Å².